The number of hydrogen-bond acceptors (Lipinski definition) is 5. The molecular formula is C17H29NO3SSi. The molecule has 2 aliphatic rings. The van der Waals surface area contributed by atoms with E-state index < -0.39 is 19.5 Å². The smallest absolute Gasteiger partial charge is 0.168 e. The van der Waals surface area contributed by atoms with Crippen LogP contribution in [0.5, 0.6) is 0 Å². The average molecular weight is 356 g/mol. The van der Waals surface area contributed by atoms with E-state index in [1.54, 1.807) is 11.3 Å². The summed E-state index contributed by atoms with van der Waals surface area (Å²) in [6, 6.07) is 0. The van der Waals surface area contributed by atoms with Crippen LogP contribution in [0.1, 0.15) is 51.3 Å². The molecule has 0 bridgehead atoms. The molecule has 1 aliphatic heterocycles. The first kappa shape index (κ1) is 17.5. The van der Waals surface area contributed by atoms with Gasteiger partial charge in [-0.15, -0.1) is 11.3 Å². The summed E-state index contributed by atoms with van der Waals surface area (Å²) in [5.74, 6) is -0.431. The SMILES string of the molecule is CC(C)(C)[Si](C)(C)c1ncc(C2(O)CCC3(CC2)OCCO3)s1. The summed E-state index contributed by atoms with van der Waals surface area (Å²) in [5, 5.41) is 11.4. The molecule has 0 radical (unpaired) electrons. The highest BCUT2D eigenvalue weighted by Gasteiger charge is 2.48. The van der Waals surface area contributed by atoms with E-state index >= 15 is 0 Å². The molecule has 3 rings (SSSR count). The third kappa shape index (κ3) is 3.04. The van der Waals surface area contributed by atoms with Crippen molar-refractivity contribution in [1.82, 2.24) is 4.98 Å². The molecule has 0 atom stereocenters. The van der Waals surface area contributed by atoms with Crippen LogP contribution in [0, 0.1) is 0 Å². The molecule has 2 fully saturated rings. The first-order chi connectivity index (χ1) is 10.6. The molecule has 2 heterocycles. The lowest BCUT2D eigenvalue weighted by atomic mass is 9.80. The van der Waals surface area contributed by atoms with Crippen molar-refractivity contribution in [2.75, 3.05) is 13.2 Å². The van der Waals surface area contributed by atoms with Crippen molar-refractivity contribution in [2.45, 2.75) is 76.0 Å². The fourth-order valence-corrected chi connectivity index (χ4v) is 7.29. The van der Waals surface area contributed by atoms with Gasteiger partial charge >= 0.3 is 0 Å². The van der Waals surface area contributed by atoms with E-state index in [1.165, 1.54) is 4.63 Å². The number of aromatic nitrogens is 1. The van der Waals surface area contributed by atoms with E-state index in [9.17, 15) is 5.11 Å². The minimum atomic E-state index is -1.64. The number of ether oxygens (including phenoxy) is 2. The Morgan fingerprint density at radius 2 is 1.70 bits per heavy atom. The van der Waals surface area contributed by atoms with Crippen LogP contribution in [0.2, 0.25) is 18.1 Å². The van der Waals surface area contributed by atoms with E-state index in [-0.39, 0.29) is 5.04 Å². The second kappa shape index (κ2) is 5.63. The van der Waals surface area contributed by atoms with E-state index in [0.717, 1.165) is 17.7 Å². The Morgan fingerprint density at radius 3 is 2.22 bits per heavy atom. The molecule has 23 heavy (non-hydrogen) atoms. The first-order valence-corrected chi connectivity index (χ1v) is 12.4. The molecule has 0 amide bonds. The summed E-state index contributed by atoms with van der Waals surface area (Å²) >= 11 is 1.72. The Morgan fingerprint density at radius 1 is 1.13 bits per heavy atom. The predicted molar refractivity (Wildman–Crippen MR) is 95.9 cm³/mol. The van der Waals surface area contributed by atoms with Crippen molar-refractivity contribution >= 4 is 24.0 Å². The minimum Gasteiger partial charge on any atom is -0.384 e. The van der Waals surface area contributed by atoms with E-state index in [4.69, 9.17) is 14.5 Å². The zero-order valence-corrected chi connectivity index (χ0v) is 16.8. The first-order valence-electron chi connectivity index (χ1n) is 8.55. The van der Waals surface area contributed by atoms with Crippen LogP contribution in [0.4, 0.5) is 0 Å². The van der Waals surface area contributed by atoms with Gasteiger partial charge in [0.15, 0.2) is 5.79 Å². The Balaban J connectivity index is 1.78. The summed E-state index contributed by atoms with van der Waals surface area (Å²) in [6.45, 7) is 13.0. The van der Waals surface area contributed by atoms with Crippen molar-refractivity contribution in [3.05, 3.63) is 11.1 Å². The molecule has 1 saturated carbocycles. The Bertz CT molecular complexity index is 563. The molecule has 1 aromatic heterocycles. The standard InChI is InChI=1S/C17H29NO3SSi/c1-15(2,3)23(4,5)14-18-12-13(22-14)16(19)6-8-17(9-7-16)20-10-11-21-17/h12,19H,6-11H2,1-5H3. The van der Waals surface area contributed by atoms with Crippen LogP contribution >= 0.6 is 11.3 Å². The highest BCUT2D eigenvalue weighted by atomic mass is 32.1. The van der Waals surface area contributed by atoms with Gasteiger partial charge in [0.05, 0.1) is 22.7 Å². The lowest BCUT2D eigenvalue weighted by Crippen LogP contribution is -2.49. The monoisotopic (exact) mass is 355 g/mol. The average Bonchev–Trinajstić information content (AvgIpc) is 3.12. The van der Waals surface area contributed by atoms with Gasteiger partial charge < -0.3 is 14.6 Å². The van der Waals surface area contributed by atoms with Crippen molar-refractivity contribution in [3.63, 3.8) is 0 Å². The molecule has 0 aromatic carbocycles. The van der Waals surface area contributed by atoms with Gasteiger partial charge in [-0.25, -0.2) is 0 Å². The maximum absolute atomic E-state index is 11.1. The maximum Gasteiger partial charge on any atom is 0.168 e. The molecule has 130 valence electrons. The minimum absolute atomic E-state index is 0.257. The molecule has 1 aromatic rings. The van der Waals surface area contributed by atoms with E-state index in [1.807, 2.05) is 6.20 Å². The van der Waals surface area contributed by atoms with E-state index in [0.29, 0.717) is 26.1 Å². The Hall–Kier alpha value is -0.273. The van der Waals surface area contributed by atoms with Crippen molar-refractivity contribution in [2.24, 2.45) is 0 Å². The number of rotatable bonds is 2. The van der Waals surface area contributed by atoms with Crippen LogP contribution in [0.3, 0.4) is 0 Å². The van der Waals surface area contributed by atoms with Crippen LogP contribution < -0.4 is 4.63 Å². The second-order valence-corrected chi connectivity index (χ2v) is 15.2. The number of aliphatic hydroxyl groups is 1. The van der Waals surface area contributed by atoms with Gasteiger partial charge in [-0.2, -0.15) is 0 Å². The molecule has 1 spiro atoms. The van der Waals surface area contributed by atoms with Crippen molar-refractivity contribution in [1.29, 1.82) is 0 Å². The zero-order valence-electron chi connectivity index (χ0n) is 14.9. The molecule has 6 heteroatoms. The third-order valence-corrected chi connectivity index (χ3v) is 13.8. The fraction of sp³-hybridized carbons (Fsp3) is 0.824. The normalized spacial score (nSPS) is 24.3. The van der Waals surface area contributed by atoms with Gasteiger partial charge in [-0.05, 0) is 17.9 Å². The van der Waals surface area contributed by atoms with Crippen molar-refractivity contribution < 1.29 is 14.6 Å². The number of hydrogen-bond donors (Lipinski definition) is 1. The van der Waals surface area contributed by atoms with Crippen molar-refractivity contribution in [3.8, 4) is 0 Å². The zero-order chi connectivity index (χ0) is 16.9. The van der Waals surface area contributed by atoms with Crippen LogP contribution in [-0.4, -0.2) is 37.2 Å². The molecule has 4 nitrogen and oxygen atoms in total. The Labute approximate surface area is 144 Å². The molecular weight excluding hydrogens is 326 g/mol. The molecule has 1 saturated heterocycles. The Kier molecular flexibility index (Phi) is 4.29. The molecule has 0 unspecified atom stereocenters. The van der Waals surface area contributed by atoms with Crippen LogP contribution in [-0.2, 0) is 15.1 Å². The van der Waals surface area contributed by atoms with Gasteiger partial charge in [-0.3, -0.25) is 4.98 Å². The van der Waals surface area contributed by atoms with Gasteiger partial charge in [0.1, 0.15) is 13.7 Å². The van der Waals surface area contributed by atoms with Crippen LogP contribution in [0.25, 0.3) is 0 Å². The lowest BCUT2D eigenvalue weighted by Gasteiger charge is -2.40. The molecule has 1 aliphatic carbocycles. The number of nitrogens with zero attached hydrogens (tertiary/aromatic N) is 1. The summed E-state index contributed by atoms with van der Waals surface area (Å²) in [4.78, 5) is 5.74. The van der Waals surface area contributed by atoms with Gasteiger partial charge in [0.25, 0.3) is 0 Å². The maximum atomic E-state index is 11.1. The highest BCUT2D eigenvalue weighted by molar-refractivity contribution is 7.26. The number of thiazole rings is 1. The van der Waals surface area contributed by atoms with E-state index in [2.05, 4.69) is 33.9 Å². The fourth-order valence-electron chi connectivity index (χ4n) is 3.18. The largest absolute Gasteiger partial charge is 0.384 e. The second-order valence-electron chi connectivity index (χ2n) is 8.54. The van der Waals surface area contributed by atoms with Gasteiger partial charge in [-0.1, -0.05) is 33.9 Å². The summed E-state index contributed by atoms with van der Waals surface area (Å²) in [6.07, 6.45) is 4.81. The highest BCUT2D eigenvalue weighted by Crippen LogP contribution is 2.46. The summed E-state index contributed by atoms with van der Waals surface area (Å²) in [5.41, 5.74) is -0.765. The third-order valence-electron chi connectivity index (χ3n) is 6.03. The summed E-state index contributed by atoms with van der Waals surface area (Å²) in [7, 11) is -1.64. The predicted octanol–water partition coefficient (Wildman–Crippen LogP) is 3.36. The molecule has 1 N–H and O–H groups in total. The van der Waals surface area contributed by atoms with Gasteiger partial charge in [0, 0.05) is 19.0 Å². The topological polar surface area (TPSA) is 51.6 Å². The lowest BCUT2D eigenvalue weighted by molar-refractivity contribution is -0.203. The van der Waals surface area contributed by atoms with Crippen LogP contribution in [0.15, 0.2) is 6.20 Å². The van der Waals surface area contributed by atoms with Gasteiger partial charge in [0.2, 0.25) is 0 Å². The summed E-state index contributed by atoms with van der Waals surface area (Å²) < 4.78 is 12.8. The quantitative estimate of drug-likeness (QED) is 0.827.